The van der Waals surface area contributed by atoms with Crippen molar-refractivity contribution in [2.75, 3.05) is 0 Å². The molecule has 0 unspecified atom stereocenters. The Labute approximate surface area is 109 Å². The second-order valence-electron chi connectivity index (χ2n) is 0.600. The van der Waals surface area contributed by atoms with Gasteiger partial charge in [-0.05, 0) is 0 Å². The third-order valence-electron chi connectivity index (χ3n) is 0. The number of hydrogen-bond donors (Lipinski definition) is 4. The Balaban J connectivity index is -0.00000000145. The molecule has 0 aliphatic heterocycles. The average molecular weight is 282 g/mol. The van der Waals surface area contributed by atoms with Gasteiger partial charge in [-0.15, -0.1) is 0 Å². The molecule has 0 heterocycles. The van der Waals surface area contributed by atoms with Crippen molar-refractivity contribution >= 4 is 9.05 Å². The van der Waals surface area contributed by atoms with Crippen LogP contribution in [0.4, 0.5) is 0 Å². The maximum Gasteiger partial charge on any atom is 1.00 e. The molecule has 0 saturated heterocycles. The Bertz CT molecular complexity index is 31.4. The molecule has 0 amide bonds. The van der Waals surface area contributed by atoms with E-state index in [9.17, 15) is 0 Å². The molecule has 15 heavy (non-hydrogen) atoms. The second kappa shape index (κ2) is 61.5. The van der Waals surface area contributed by atoms with Gasteiger partial charge in [0, 0.05) is 0 Å². The van der Waals surface area contributed by atoms with E-state index < -0.39 is 9.05 Å². The second-order valence-corrected chi connectivity index (χ2v) is 1.80. The van der Waals surface area contributed by atoms with Gasteiger partial charge in [0.2, 0.25) is 0 Å². The summed E-state index contributed by atoms with van der Waals surface area (Å²) in [7, 11) is -4.61. The Kier molecular flexibility index (Phi) is 630. The zero-order chi connectivity index (χ0) is 4.50. The summed E-state index contributed by atoms with van der Waals surface area (Å²) >= 11 is 0. The Hall–Kier alpha value is 0.697. The number of rotatable bonds is 0. The molecule has 106 valence electrons. The van der Waals surface area contributed by atoms with Crippen LogP contribution >= 0.6 is 0 Å². The predicted molar refractivity (Wildman–Crippen MR) is 48.3 cm³/mol. The molecule has 0 saturated carbocycles. The monoisotopic (exact) mass is 282 g/mol. The molecule has 0 spiro atoms. The molecular formula is H23NaO13Si. The maximum absolute atomic E-state index is 7.33. The zero-order valence-corrected chi connectivity index (χ0v) is 10.8. The normalized spacial score (nSPS) is 4.00. The van der Waals surface area contributed by atoms with Gasteiger partial charge in [-0.25, -0.2) is 0 Å². The van der Waals surface area contributed by atoms with E-state index in [0.717, 1.165) is 0 Å². The number of hydrogen-bond acceptors (Lipinski definition) is 4. The minimum atomic E-state index is -4.61. The first kappa shape index (κ1) is 154. The molecule has 0 fully saturated rings. The van der Waals surface area contributed by atoms with Gasteiger partial charge >= 0.3 is 38.6 Å². The van der Waals surface area contributed by atoms with Gasteiger partial charge in [-0.2, -0.15) is 0 Å². The summed E-state index contributed by atoms with van der Waals surface area (Å²) < 4.78 is 0. The van der Waals surface area contributed by atoms with E-state index in [1.807, 2.05) is 0 Å². The fraction of sp³-hybridized carbons (Fsp3) is 0. The van der Waals surface area contributed by atoms with E-state index in [1.54, 1.807) is 0 Å². The Morgan fingerprint density at radius 1 is 0.467 bits per heavy atom. The summed E-state index contributed by atoms with van der Waals surface area (Å²) in [4.78, 5) is 29.3. The van der Waals surface area contributed by atoms with E-state index >= 15 is 0 Å². The van der Waals surface area contributed by atoms with E-state index in [2.05, 4.69) is 0 Å². The van der Waals surface area contributed by atoms with E-state index in [4.69, 9.17) is 19.2 Å². The van der Waals surface area contributed by atoms with Gasteiger partial charge in [0.05, 0.1) is 0 Å². The van der Waals surface area contributed by atoms with Crippen molar-refractivity contribution < 1.29 is 99.5 Å². The van der Waals surface area contributed by atoms with E-state index in [-0.39, 0.29) is 80.3 Å². The van der Waals surface area contributed by atoms with Crippen molar-refractivity contribution in [1.82, 2.24) is 0 Å². The maximum atomic E-state index is 7.33. The molecular weight excluding hydrogens is 259 g/mol. The molecule has 13 nitrogen and oxygen atoms in total. The summed E-state index contributed by atoms with van der Waals surface area (Å²) in [6, 6.07) is 0. The first-order valence-electron chi connectivity index (χ1n) is 0.894. The van der Waals surface area contributed by atoms with Crippen molar-refractivity contribution in [3.63, 3.8) is 0 Å². The first-order valence-corrected chi connectivity index (χ1v) is 2.68. The molecule has 0 aromatic rings. The summed E-state index contributed by atoms with van der Waals surface area (Å²) in [5.41, 5.74) is 0. The molecule has 0 aliphatic carbocycles. The van der Waals surface area contributed by atoms with Crippen molar-refractivity contribution in [3.8, 4) is 0 Å². The molecule has 15 heteroatoms. The smallest absolute Gasteiger partial charge is 1.00 e. The van der Waals surface area contributed by atoms with Crippen molar-refractivity contribution in [2.45, 2.75) is 0 Å². The van der Waals surface area contributed by atoms with Gasteiger partial charge in [0.25, 0.3) is 0 Å². The molecule has 0 bridgehead atoms. The summed E-state index contributed by atoms with van der Waals surface area (Å²) in [6.45, 7) is 0. The topological polar surface area (TPSA) is 364 Å². The molecule has 0 aromatic heterocycles. The summed E-state index contributed by atoms with van der Waals surface area (Å²) in [5, 5.41) is 0. The molecule has 0 aliphatic rings. The van der Waals surface area contributed by atoms with Crippen LogP contribution in [0.15, 0.2) is 0 Å². The summed E-state index contributed by atoms with van der Waals surface area (Å²) in [6.07, 6.45) is 0. The van der Waals surface area contributed by atoms with Crippen LogP contribution in [0.2, 0.25) is 0 Å². The fourth-order valence-corrected chi connectivity index (χ4v) is 0. The molecule has 0 atom stereocenters. The van der Waals surface area contributed by atoms with E-state index in [0.29, 0.717) is 0 Å². The van der Waals surface area contributed by atoms with Gasteiger partial charge in [0.15, 0.2) is 0 Å². The van der Waals surface area contributed by atoms with Gasteiger partial charge < -0.3 is 69.9 Å². The summed E-state index contributed by atoms with van der Waals surface area (Å²) in [5.74, 6) is 0. The first-order chi connectivity index (χ1) is 2.00. The third kappa shape index (κ3) is 4880. The minimum Gasteiger partial charge on any atom is -1.00 e. The van der Waals surface area contributed by atoms with Crippen LogP contribution in [0.5, 0.6) is 0 Å². The Morgan fingerprint density at radius 3 is 0.467 bits per heavy atom. The third-order valence-corrected chi connectivity index (χ3v) is 0. The van der Waals surface area contributed by atoms with Crippen molar-refractivity contribution in [3.05, 3.63) is 0 Å². The molecule has 22 N–H and O–H groups in total. The predicted octanol–water partition coefficient (Wildman–Crippen LogP) is -12.9. The van der Waals surface area contributed by atoms with Crippen LogP contribution in [0.3, 0.4) is 0 Å². The zero-order valence-electron chi connectivity index (χ0n) is 8.79. The van der Waals surface area contributed by atoms with Crippen LogP contribution < -0.4 is 29.6 Å². The van der Waals surface area contributed by atoms with E-state index in [1.165, 1.54) is 0 Å². The van der Waals surface area contributed by atoms with Gasteiger partial charge in [-0.3, -0.25) is 0 Å². The minimum absolute atomic E-state index is 0. The van der Waals surface area contributed by atoms with Crippen LogP contribution in [0.1, 0.15) is 1.43 Å². The van der Waals surface area contributed by atoms with Gasteiger partial charge in [-0.1, -0.05) is 0 Å². The van der Waals surface area contributed by atoms with Crippen LogP contribution in [0, 0.1) is 0 Å². The Morgan fingerprint density at radius 2 is 0.467 bits per heavy atom. The average Bonchev–Trinajstić information content (AvgIpc) is 0.722. The largest absolute Gasteiger partial charge is 1.00 e. The van der Waals surface area contributed by atoms with Crippen LogP contribution in [0.25, 0.3) is 0 Å². The molecule has 0 aromatic carbocycles. The van der Waals surface area contributed by atoms with Crippen LogP contribution in [-0.2, 0) is 0 Å². The quantitative estimate of drug-likeness (QED) is 0.314. The SMILES string of the molecule is O.O.O.O.O.O.O.O.O.O[Si](O)(O)O.[H-].[Na+]. The molecule has 0 radical (unpaired) electrons. The fourth-order valence-electron chi connectivity index (χ4n) is 0. The van der Waals surface area contributed by atoms with Crippen molar-refractivity contribution in [1.29, 1.82) is 0 Å². The standard InChI is InChI=1S/Na.H4O4Si.9H2O.H/c;1-5(2,3)4;;;;;;;;;;/h;1-4H;9*1H2;/q+1;;;;;;;;;;;-1. The molecule has 0 rings (SSSR count). The van der Waals surface area contributed by atoms with Crippen molar-refractivity contribution in [2.24, 2.45) is 0 Å². The van der Waals surface area contributed by atoms with Crippen LogP contribution in [-0.4, -0.2) is 77.5 Å². The van der Waals surface area contributed by atoms with Gasteiger partial charge in [0.1, 0.15) is 0 Å².